The predicted molar refractivity (Wildman–Crippen MR) is 70.8 cm³/mol. The molecule has 1 aromatic rings. The third-order valence-corrected chi connectivity index (χ3v) is 4.15. The standard InChI is InChI=1S/C14H18BrFO/c1-2-10-4-3-5-12(8-10)17-14-9-11(16)6-7-13(14)15/h6-7,9-10,12H,2-5,8H2,1H3. The summed E-state index contributed by atoms with van der Waals surface area (Å²) in [5.41, 5.74) is 0. The summed E-state index contributed by atoms with van der Waals surface area (Å²) < 4.78 is 19.9. The van der Waals surface area contributed by atoms with Crippen LogP contribution in [-0.2, 0) is 0 Å². The van der Waals surface area contributed by atoms with Gasteiger partial charge in [0.1, 0.15) is 11.6 Å². The molecule has 0 aliphatic heterocycles. The van der Waals surface area contributed by atoms with Gasteiger partial charge in [0.15, 0.2) is 0 Å². The molecule has 1 aliphatic carbocycles. The Morgan fingerprint density at radius 1 is 1.41 bits per heavy atom. The molecular weight excluding hydrogens is 283 g/mol. The van der Waals surface area contributed by atoms with Gasteiger partial charge in [0.25, 0.3) is 0 Å². The second-order valence-corrected chi connectivity index (χ2v) is 5.61. The van der Waals surface area contributed by atoms with Crippen molar-refractivity contribution in [2.24, 2.45) is 5.92 Å². The number of hydrogen-bond acceptors (Lipinski definition) is 1. The van der Waals surface area contributed by atoms with E-state index in [0.717, 1.165) is 23.2 Å². The third-order valence-electron chi connectivity index (χ3n) is 3.50. The average Bonchev–Trinajstić information content (AvgIpc) is 2.34. The van der Waals surface area contributed by atoms with Crippen molar-refractivity contribution in [2.45, 2.75) is 45.1 Å². The first-order valence-electron chi connectivity index (χ1n) is 6.30. The van der Waals surface area contributed by atoms with Crippen molar-refractivity contribution in [3.63, 3.8) is 0 Å². The minimum absolute atomic E-state index is 0.242. The lowest BCUT2D eigenvalue weighted by molar-refractivity contribution is 0.121. The summed E-state index contributed by atoms with van der Waals surface area (Å²) >= 11 is 3.40. The Bertz CT molecular complexity index is 380. The van der Waals surface area contributed by atoms with Crippen LogP contribution in [0.1, 0.15) is 39.0 Å². The normalized spacial score (nSPS) is 24.6. The van der Waals surface area contributed by atoms with Crippen molar-refractivity contribution in [2.75, 3.05) is 0 Å². The van der Waals surface area contributed by atoms with Crippen LogP contribution in [0.4, 0.5) is 4.39 Å². The van der Waals surface area contributed by atoms with Crippen molar-refractivity contribution in [3.8, 4) is 5.75 Å². The molecule has 17 heavy (non-hydrogen) atoms. The first kappa shape index (κ1) is 12.9. The molecule has 94 valence electrons. The van der Waals surface area contributed by atoms with Gasteiger partial charge in [-0.2, -0.15) is 0 Å². The smallest absolute Gasteiger partial charge is 0.136 e. The predicted octanol–water partition coefficient (Wildman–Crippen LogP) is 4.94. The van der Waals surface area contributed by atoms with Gasteiger partial charge >= 0.3 is 0 Å². The molecule has 1 nitrogen and oxygen atoms in total. The van der Waals surface area contributed by atoms with Gasteiger partial charge in [-0.3, -0.25) is 0 Å². The van der Waals surface area contributed by atoms with Crippen molar-refractivity contribution < 1.29 is 9.13 Å². The highest BCUT2D eigenvalue weighted by atomic mass is 79.9. The number of benzene rings is 1. The molecule has 2 rings (SSSR count). The molecule has 0 amide bonds. The monoisotopic (exact) mass is 300 g/mol. The van der Waals surface area contributed by atoms with Crippen molar-refractivity contribution in [1.82, 2.24) is 0 Å². The maximum atomic E-state index is 13.1. The molecule has 1 saturated carbocycles. The summed E-state index contributed by atoms with van der Waals surface area (Å²) in [6.07, 6.45) is 6.16. The van der Waals surface area contributed by atoms with Crippen LogP contribution in [0, 0.1) is 11.7 Å². The van der Waals surface area contributed by atoms with Crippen molar-refractivity contribution in [3.05, 3.63) is 28.5 Å². The molecule has 0 N–H and O–H groups in total. The zero-order valence-corrected chi connectivity index (χ0v) is 11.7. The Morgan fingerprint density at radius 3 is 3.00 bits per heavy atom. The van der Waals surface area contributed by atoms with Gasteiger partial charge in [0.2, 0.25) is 0 Å². The summed E-state index contributed by atoms with van der Waals surface area (Å²) in [5, 5.41) is 0. The highest BCUT2D eigenvalue weighted by Gasteiger charge is 2.22. The Kier molecular flexibility index (Phi) is 4.43. The fourth-order valence-corrected chi connectivity index (χ4v) is 2.81. The van der Waals surface area contributed by atoms with Gasteiger partial charge in [-0.25, -0.2) is 4.39 Å². The number of rotatable bonds is 3. The Balaban J connectivity index is 2.02. The van der Waals surface area contributed by atoms with Crippen LogP contribution in [0.5, 0.6) is 5.75 Å². The van der Waals surface area contributed by atoms with Crippen molar-refractivity contribution in [1.29, 1.82) is 0 Å². The van der Waals surface area contributed by atoms with Gasteiger partial charge < -0.3 is 4.74 Å². The molecule has 0 radical (unpaired) electrons. The van der Waals surface area contributed by atoms with E-state index in [1.165, 1.54) is 31.4 Å². The van der Waals surface area contributed by atoms with Gasteiger partial charge in [-0.05, 0) is 53.2 Å². The maximum absolute atomic E-state index is 13.1. The zero-order chi connectivity index (χ0) is 12.3. The summed E-state index contributed by atoms with van der Waals surface area (Å²) in [6.45, 7) is 2.23. The lowest BCUT2D eigenvalue weighted by atomic mass is 9.85. The van der Waals surface area contributed by atoms with E-state index in [1.807, 2.05) is 0 Å². The molecule has 1 aliphatic rings. The molecule has 2 atom stereocenters. The minimum Gasteiger partial charge on any atom is -0.489 e. The molecule has 0 heterocycles. The first-order valence-corrected chi connectivity index (χ1v) is 7.10. The van der Waals surface area contributed by atoms with Gasteiger partial charge in [0.05, 0.1) is 10.6 Å². The van der Waals surface area contributed by atoms with E-state index in [1.54, 1.807) is 6.07 Å². The zero-order valence-electron chi connectivity index (χ0n) is 10.1. The molecule has 2 unspecified atom stereocenters. The Hall–Kier alpha value is -0.570. The molecule has 3 heteroatoms. The highest BCUT2D eigenvalue weighted by Crippen LogP contribution is 2.32. The Labute approximate surface area is 110 Å². The molecule has 0 bridgehead atoms. The summed E-state index contributed by atoms with van der Waals surface area (Å²) in [7, 11) is 0. The van der Waals surface area contributed by atoms with E-state index in [-0.39, 0.29) is 11.9 Å². The largest absolute Gasteiger partial charge is 0.489 e. The van der Waals surface area contributed by atoms with Gasteiger partial charge in [-0.15, -0.1) is 0 Å². The first-order chi connectivity index (χ1) is 8.19. The van der Waals surface area contributed by atoms with Crippen LogP contribution < -0.4 is 4.74 Å². The molecule has 1 aromatic carbocycles. The van der Waals surface area contributed by atoms with E-state index in [2.05, 4.69) is 22.9 Å². The highest BCUT2D eigenvalue weighted by molar-refractivity contribution is 9.10. The van der Waals surface area contributed by atoms with Crippen LogP contribution in [0.25, 0.3) is 0 Å². The van der Waals surface area contributed by atoms with Gasteiger partial charge in [0, 0.05) is 6.07 Å². The van der Waals surface area contributed by atoms with E-state index >= 15 is 0 Å². The molecular formula is C14H18BrFO. The van der Waals surface area contributed by atoms with Crippen LogP contribution in [0.15, 0.2) is 22.7 Å². The van der Waals surface area contributed by atoms with Crippen molar-refractivity contribution >= 4 is 15.9 Å². The molecule has 0 aromatic heterocycles. The van der Waals surface area contributed by atoms with E-state index in [4.69, 9.17) is 4.74 Å². The van der Waals surface area contributed by atoms with Crippen LogP contribution in [0.2, 0.25) is 0 Å². The fraction of sp³-hybridized carbons (Fsp3) is 0.571. The SMILES string of the molecule is CCC1CCCC(Oc2cc(F)ccc2Br)C1. The Morgan fingerprint density at radius 2 is 2.24 bits per heavy atom. The van der Waals surface area contributed by atoms with Crippen LogP contribution in [0.3, 0.4) is 0 Å². The number of halogens is 2. The molecule has 1 fully saturated rings. The van der Waals surface area contributed by atoms with E-state index in [9.17, 15) is 4.39 Å². The second kappa shape index (κ2) is 5.85. The maximum Gasteiger partial charge on any atom is 0.136 e. The second-order valence-electron chi connectivity index (χ2n) is 4.76. The van der Waals surface area contributed by atoms with Gasteiger partial charge in [-0.1, -0.05) is 19.8 Å². The minimum atomic E-state index is -0.244. The molecule has 0 saturated heterocycles. The van der Waals surface area contributed by atoms with E-state index < -0.39 is 0 Å². The fourth-order valence-electron chi connectivity index (χ4n) is 2.47. The summed E-state index contributed by atoms with van der Waals surface area (Å²) in [4.78, 5) is 0. The summed E-state index contributed by atoms with van der Waals surface area (Å²) in [6, 6.07) is 4.59. The number of ether oxygens (including phenoxy) is 1. The quantitative estimate of drug-likeness (QED) is 0.768. The summed E-state index contributed by atoms with van der Waals surface area (Å²) in [5.74, 6) is 1.15. The topological polar surface area (TPSA) is 9.23 Å². The average molecular weight is 301 g/mol. The lowest BCUT2D eigenvalue weighted by Crippen LogP contribution is -2.25. The number of hydrogen-bond donors (Lipinski definition) is 0. The van der Waals surface area contributed by atoms with Crippen LogP contribution >= 0.6 is 15.9 Å². The van der Waals surface area contributed by atoms with E-state index in [0.29, 0.717) is 5.75 Å². The third kappa shape index (κ3) is 3.44. The van der Waals surface area contributed by atoms with Crippen LogP contribution in [-0.4, -0.2) is 6.10 Å². The molecule has 0 spiro atoms. The lowest BCUT2D eigenvalue weighted by Gasteiger charge is -2.29.